The van der Waals surface area contributed by atoms with Gasteiger partial charge < -0.3 is 14.8 Å². The lowest BCUT2D eigenvalue weighted by atomic mass is 9.86. The minimum absolute atomic E-state index is 0.181. The molecule has 1 saturated carbocycles. The highest BCUT2D eigenvalue weighted by atomic mass is 32.2. The predicted molar refractivity (Wildman–Crippen MR) is 94.6 cm³/mol. The maximum absolute atomic E-state index is 12.2. The van der Waals surface area contributed by atoms with Gasteiger partial charge in [-0.15, -0.1) is 11.8 Å². The number of thioether (sulfide) groups is 1. The van der Waals surface area contributed by atoms with E-state index in [-0.39, 0.29) is 18.6 Å². The second kappa shape index (κ2) is 8.97. The molecule has 1 fully saturated rings. The number of hydrogen-bond donors (Lipinski definition) is 1. The Hall–Kier alpha value is -1.69. The highest BCUT2D eigenvalue weighted by Crippen LogP contribution is 2.26. The summed E-state index contributed by atoms with van der Waals surface area (Å²) in [7, 11) is 1.51. The van der Waals surface area contributed by atoms with E-state index in [1.165, 1.54) is 13.5 Å². The Labute approximate surface area is 147 Å². The van der Waals surface area contributed by atoms with Gasteiger partial charge in [0.05, 0.1) is 7.11 Å². The maximum atomic E-state index is 12.2. The number of hydrogen-bond acceptors (Lipinski definition) is 5. The lowest BCUT2D eigenvalue weighted by molar-refractivity contribution is -0.125. The summed E-state index contributed by atoms with van der Waals surface area (Å²) in [5.41, 5.74) is 0.328. The molecule has 0 saturated heterocycles. The standard InChI is InChI=1S/C18H25NO4S/c1-12-6-4-5-7-15(12)19-17(20)11-23-18(21)14-9-8-13(24-3)10-16(14)22-2/h8-10,12,15H,4-7,11H2,1-3H3,(H,19,20)/t12-,15+/m1/s1. The van der Waals surface area contributed by atoms with Crippen molar-refractivity contribution in [1.29, 1.82) is 0 Å². The molecule has 24 heavy (non-hydrogen) atoms. The second-order valence-electron chi connectivity index (χ2n) is 6.08. The minimum atomic E-state index is -0.550. The highest BCUT2D eigenvalue weighted by Gasteiger charge is 2.23. The van der Waals surface area contributed by atoms with Gasteiger partial charge in [0.2, 0.25) is 0 Å². The van der Waals surface area contributed by atoms with E-state index in [1.54, 1.807) is 23.9 Å². The van der Waals surface area contributed by atoms with Crippen LogP contribution in [-0.2, 0) is 9.53 Å². The molecular weight excluding hydrogens is 326 g/mol. The molecule has 1 N–H and O–H groups in total. The quantitative estimate of drug-likeness (QED) is 0.629. The Bertz CT molecular complexity index is 590. The third-order valence-electron chi connectivity index (χ3n) is 4.42. The van der Waals surface area contributed by atoms with Crippen LogP contribution in [0.5, 0.6) is 5.75 Å². The van der Waals surface area contributed by atoms with Crippen LogP contribution in [0, 0.1) is 5.92 Å². The fraction of sp³-hybridized carbons (Fsp3) is 0.556. The number of esters is 1. The van der Waals surface area contributed by atoms with E-state index in [0.717, 1.165) is 24.2 Å². The molecule has 2 atom stereocenters. The summed E-state index contributed by atoms with van der Waals surface area (Å²) in [5, 5.41) is 2.97. The van der Waals surface area contributed by atoms with Gasteiger partial charge in [-0.3, -0.25) is 4.79 Å². The number of amides is 1. The number of benzene rings is 1. The van der Waals surface area contributed by atoms with E-state index >= 15 is 0 Å². The highest BCUT2D eigenvalue weighted by molar-refractivity contribution is 7.98. The Balaban J connectivity index is 1.89. The summed E-state index contributed by atoms with van der Waals surface area (Å²) < 4.78 is 10.4. The van der Waals surface area contributed by atoms with Crippen LogP contribution in [0.2, 0.25) is 0 Å². The van der Waals surface area contributed by atoms with Gasteiger partial charge in [-0.05, 0) is 43.2 Å². The van der Waals surface area contributed by atoms with E-state index in [2.05, 4.69) is 12.2 Å². The molecule has 1 amide bonds. The molecule has 0 aliphatic heterocycles. The topological polar surface area (TPSA) is 64.6 Å². The third-order valence-corrected chi connectivity index (χ3v) is 5.15. The van der Waals surface area contributed by atoms with Gasteiger partial charge in [0.15, 0.2) is 6.61 Å². The summed E-state index contributed by atoms with van der Waals surface area (Å²) in [5.74, 6) is 0.124. The SMILES string of the molecule is COc1cc(SC)ccc1C(=O)OCC(=O)N[C@H]1CCCC[C@H]1C. The summed E-state index contributed by atoms with van der Waals surface area (Å²) in [4.78, 5) is 25.2. The smallest absolute Gasteiger partial charge is 0.342 e. The largest absolute Gasteiger partial charge is 0.496 e. The van der Waals surface area contributed by atoms with Crippen LogP contribution in [0.1, 0.15) is 43.0 Å². The van der Waals surface area contributed by atoms with Crippen LogP contribution >= 0.6 is 11.8 Å². The molecule has 132 valence electrons. The monoisotopic (exact) mass is 351 g/mol. The molecule has 0 spiro atoms. The molecule has 1 aromatic carbocycles. The molecule has 1 aliphatic carbocycles. The van der Waals surface area contributed by atoms with Gasteiger partial charge in [-0.2, -0.15) is 0 Å². The van der Waals surface area contributed by atoms with Crippen molar-refractivity contribution < 1.29 is 19.1 Å². The van der Waals surface area contributed by atoms with Gasteiger partial charge >= 0.3 is 5.97 Å². The number of rotatable bonds is 6. The molecule has 0 unspecified atom stereocenters. The zero-order valence-electron chi connectivity index (χ0n) is 14.5. The predicted octanol–water partition coefficient (Wildman–Crippen LogP) is 3.27. The average molecular weight is 351 g/mol. The van der Waals surface area contributed by atoms with Crippen molar-refractivity contribution in [2.45, 2.75) is 43.5 Å². The van der Waals surface area contributed by atoms with E-state index in [0.29, 0.717) is 17.2 Å². The summed E-state index contributed by atoms with van der Waals surface area (Å²) in [6, 6.07) is 5.45. The Morgan fingerprint density at radius 1 is 1.29 bits per heavy atom. The number of carbonyl (C=O) groups is 2. The van der Waals surface area contributed by atoms with Gasteiger partial charge in [0.25, 0.3) is 5.91 Å². The van der Waals surface area contributed by atoms with Crippen molar-refractivity contribution in [1.82, 2.24) is 5.32 Å². The first-order valence-electron chi connectivity index (χ1n) is 8.23. The summed E-state index contributed by atoms with van der Waals surface area (Å²) >= 11 is 1.56. The van der Waals surface area contributed by atoms with Crippen LogP contribution in [0.4, 0.5) is 0 Å². The zero-order chi connectivity index (χ0) is 17.5. The van der Waals surface area contributed by atoms with Crippen molar-refractivity contribution in [3.8, 4) is 5.75 Å². The first-order valence-corrected chi connectivity index (χ1v) is 9.46. The lowest BCUT2D eigenvalue weighted by Crippen LogP contribution is -2.42. The summed E-state index contributed by atoms with van der Waals surface area (Å²) in [6.45, 7) is 1.88. The fourth-order valence-electron chi connectivity index (χ4n) is 2.96. The molecule has 0 bridgehead atoms. The Kier molecular flexibility index (Phi) is 6.97. The van der Waals surface area contributed by atoms with Crippen molar-refractivity contribution in [3.05, 3.63) is 23.8 Å². The number of methoxy groups -OCH3 is 1. The number of ether oxygens (including phenoxy) is 2. The van der Waals surface area contributed by atoms with Gasteiger partial charge in [0.1, 0.15) is 11.3 Å². The fourth-order valence-corrected chi connectivity index (χ4v) is 3.38. The molecule has 1 aliphatic rings. The molecule has 5 nitrogen and oxygen atoms in total. The number of nitrogens with one attached hydrogen (secondary N) is 1. The molecular formula is C18H25NO4S. The Morgan fingerprint density at radius 2 is 2.04 bits per heavy atom. The lowest BCUT2D eigenvalue weighted by Gasteiger charge is -2.29. The second-order valence-corrected chi connectivity index (χ2v) is 6.96. The van der Waals surface area contributed by atoms with Crippen molar-refractivity contribution in [2.24, 2.45) is 5.92 Å². The molecule has 6 heteroatoms. The zero-order valence-corrected chi connectivity index (χ0v) is 15.3. The molecule has 1 aromatic rings. The molecule has 0 heterocycles. The van der Waals surface area contributed by atoms with E-state index in [9.17, 15) is 9.59 Å². The minimum Gasteiger partial charge on any atom is -0.496 e. The molecule has 2 rings (SSSR count). The third kappa shape index (κ3) is 4.90. The van der Waals surface area contributed by atoms with Crippen molar-refractivity contribution in [2.75, 3.05) is 20.0 Å². The Morgan fingerprint density at radius 3 is 2.71 bits per heavy atom. The van der Waals surface area contributed by atoms with Crippen LogP contribution < -0.4 is 10.1 Å². The first-order chi connectivity index (χ1) is 11.5. The van der Waals surface area contributed by atoms with Gasteiger partial charge in [-0.1, -0.05) is 19.8 Å². The van der Waals surface area contributed by atoms with E-state index in [1.807, 2.05) is 12.3 Å². The summed E-state index contributed by atoms with van der Waals surface area (Å²) in [6.07, 6.45) is 6.42. The molecule has 0 radical (unpaired) electrons. The first kappa shape index (κ1) is 18.6. The van der Waals surface area contributed by atoms with Gasteiger partial charge in [0, 0.05) is 10.9 Å². The van der Waals surface area contributed by atoms with Crippen molar-refractivity contribution >= 4 is 23.6 Å². The van der Waals surface area contributed by atoms with Crippen LogP contribution in [0.25, 0.3) is 0 Å². The normalized spacial score (nSPS) is 20.3. The van der Waals surface area contributed by atoms with Crippen molar-refractivity contribution in [3.63, 3.8) is 0 Å². The maximum Gasteiger partial charge on any atom is 0.342 e. The average Bonchev–Trinajstić information content (AvgIpc) is 2.61. The van der Waals surface area contributed by atoms with Gasteiger partial charge in [-0.25, -0.2) is 4.79 Å². The van der Waals surface area contributed by atoms with Crippen LogP contribution in [0.3, 0.4) is 0 Å². The van der Waals surface area contributed by atoms with Crippen LogP contribution in [-0.4, -0.2) is 37.9 Å². The van der Waals surface area contributed by atoms with Crippen LogP contribution in [0.15, 0.2) is 23.1 Å². The molecule has 0 aromatic heterocycles. The van der Waals surface area contributed by atoms with E-state index < -0.39 is 5.97 Å². The van der Waals surface area contributed by atoms with E-state index in [4.69, 9.17) is 9.47 Å². The number of carbonyl (C=O) groups excluding carboxylic acids is 2.